The maximum atomic E-state index is 3.72. The van der Waals surface area contributed by atoms with Crippen molar-refractivity contribution in [3.8, 4) is 0 Å². The molecule has 2 rings (SSSR count). The number of hydrogen-bond acceptors (Lipinski definition) is 3. The van der Waals surface area contributed by atoms with Crippen molar-refractivity contribution in [2.45, 2.75) is 70.5 Å². The van der Waals surface area contributed by atoms with E-state index in [9.17, 15) is 0 Å². The van der Waals surface area contributed by atoms with E-state index in [4.69, 9.17) is 0 Å². The molecule has 3 unspecified atom stereocenters. The van der Waals surface area contributed by atoms with E-state index in [1.165, 1.54) is 64.7 Å². The van der Waals surface area contributed by atoms with Crippen molar-refractivity contribution < 1.29 is 0 Å². The molecule has 0 aromatic heterocycles. The molecule has 0 amide bonds. The van der Waals surface area contributed by atoms with Crippen LogP contribution in [0, 0.1) is 0 Å². The maximum Gasteiger partial charge on any atom is 0.0223 e. The van der Waals surface area contributed by atoms with Gasteiger partial charge in [-0.1, -0.05) is 13.8 Å². The van der Waals surface area contributed by atoms with Crippen LogP contribution in [0.5, 0.6) is 0 Å². The average Bonchev–Trinajstić information content (AvgIpc) is 2.79. The minimum atomic E-state index is 0.780. The van der Waals surface area contributed by atoms with E-state index in [1.54, 1.807) is 0 Å². The molecule has 1 aliphatic carbocycles. The lowest BCUT2D eigenvalue weighted by Crippen LogP contribution is -2.45. The van der Waals surface area contributed by atoms with Gasteiger partial charge in [-0.05, 0) is 65.2 Å². The second-order valence-corrected chi connectivity index (χ2v) is 6.53. The van der Waals surface area contributed by atoms with E-state index in [2.05, 4.69) is 36.0 Å². The Kier molecular flexibility index (Phi) is 6.11. The molecule has 0 aromatic rings. The van der Waals surface area contributed by atoms with E-state index in [1.807, 2.05) is 0 Å². The first-order valence-corrected chi connectivity index (χ1v) is 8.42. The van der Waals surface area contributed by atoms with Crippen LogP contribution in [0.4, 0.5) is 0 Å². The first-order chi connectivity index (χ1) is 9.24. The summed E-state index contributed by atoms with van der Waals surface area (Å²) in [5, 5.41) is 3.72. The van der Waals surface area contributed by atoms with Crippen molar-refractivity contribution in [2.24, 2.45) is 0 Å². The van der Waals surface area contributed by atoms with Crippen molar-refractivity contribution in [3.05, 3.63) is 0 Å². The van der Waals surface area contributed by atoms with Crippen molar-refractivity contribution in [1.29, 1.82) is 0 Å². The Labute approximate surface area is 119 Å². The van der Waals surface area contributed by atoms with Crippen LogP contribution in [0.1, 0.15) is 52.4 Å². The number of hydrogen-bond donors (Lipinski definition) is 1. The Morgan fingerprint density at radius 2 is 2.00 bits per heavy atom. The lowest BCUT2D eigenvalue weighted by molar-refractivity contribution is 0.128. The topological polar surface area (TPSA) is 18.5 Å². The standard InChI is InChI=1S/C16H33N3/c1-4-9-17-14-7-8-16(12-14)19-11-6-10-18(3)13-15(19)5-2/h14-17H,4-13H2,1-3H3. The highest BCUT2D eigenvalue weighted by atomic mass is 15.3. The van der Waals surface area contributed by atoms with Crippen LogP contribution in [0.25, 0.3) is 0 Å². The summed E-state index contributed by atoms with van der Waals surface area (Å²) >= 11 is 0. The monoisotopic (exact) mass is 267 g/mol. The molecule has 2 aliphatic rings. The lowest BCUT2D eigenvalue weighted by atomic mass is 10.1. The predicted octanol–water partition coefficient (Wildman–Crippen LogP) is 2.32. The molecule has 0 aromatic carbocycles. The zero-order valence-corrected chi connectivity index (χ0v) is 13.2. The highest BCUT2D eigenvalue weighted by Gasteiger charge is 2.33. The van der Waals surface area contributed by atoms with Crippen molar-refractivity contribution in [1.82, 2.24) is 15.1 Å². The average molecular weight is 267 g/mol. The fourth-order valence-electron chi connectivity index (χ4n) is 3.90. The molecule has 1 saturated carbocycles. The second-order valence-electron chi connectivity index (χ2n) is 6.53. The van der Waals surface area contributed by atoms with Gasteiger partial charge < -0.3 is 10.2 Å². The molecular weight excluding hydrogens is 234 g/mol. The van der Waals surface area contributed by atoms with Crippen LogP contribution in [0.2, 0.25) is 0 Å². The van der Waals surface area contributed by atoms with Gasteiger partial charge in [0.2, 0.25) is 0 Å². The number of nitrogens with one attached hydrogen (secondary N) is 1. The van der Waals surface area contributed by atoms with Crippen LogP contribution >= 0.6 is 0 Å². The SMILES string of the molecule is CCCNC1CCC(N2CCCN(C)CC2CC)C1. The number of nitrogens with zero attached hydrogens (tertiary/aromatic N) is 2. The van der Waals surface area contributed by atoms with Gasteiger partial charge in [0.05, 0.1) is 0 Å². The fourth-order valence-corrected chi connectivity index (χ4v) is 3.90. The third-order valence-electron chi connectivity index (χ3n) is 4.98. The van der Waals surface area contributed by atoms with E-state index in [-0.39, 0.29) is 0 Å². The van der Waals surface area contributed by atoms with Gasteiger partial charge in [0.1, 0.15) is 0 Å². The third kappa shape index (κ3) is 4.17. The molecule has 2 fully saturated rings. The van der Waals surface area contributed by atoms with E-state index in [0.29, 0.717) is 0 Å². The fraction of sp³-hybridized carbons (Fsp3) is 1.00. The molecule has 1 heterocycles. The molecule has 0 spiro atoms. The van der Waals surface area contributed by atoms with Crippen LogP contribution in [-0.4, -0.2) is 61.2 Å². The molecule has 0 radical (unpaired) electrons. The molecule has 3 atom stereocenters. The Hall–Kier alpha value is -0.120. The van der Waals surface area contributed by atoms with Gasteiger partial charge in [-0.3, -0.25) is 4.90 Å². The summed E-state index contributed by atoms with van der Waals surface area (Å²) < 4.78 is 0. The molecule has 112 valence electrons. The molecule has 3 nitrogen and oxygen atoms in total. The maximum absolute atomic E-state index is 3.72. The Morgan fingerprint density at radius 3 is 2.74 bits per heavy atom. The van der Waals surface area contributed by atoms with Crippen molar-refractivity contribution in [2.75, 3.05) is 33.2 Å². The summed E-state index contributed by atoms with van der Waals surface area (Å²) in [7, 11) is 2.28. The third-order valence-corrected chi connectivity index (χ3v) is 4.98. The lowest BCUT2D eigenvalue weighted by Gasteiger charge is -2.35. The van der Waals surface area contributed by atoms with Gasteiger partial charge in [0, 0.05) is 24.7 Å². The van der Waals surface area contributed by atoms with Crippen molar-refractivity contribution in [3.63, 3.8) is 0 Å². The highest BCUT2D eigenvalue weighted by Crippen LogP contribution is 2.28. The predicted molar refractivity (Wildman–Crippen MR) is 82.6 cm³/mol. The largest absolute Gasteiger partial charge is 0.314 e. The van der Waals surface area contributed by atoms with Gasteiger partial charge in [-0.25, -0.2) is 0 Å². The smallest absolute Gasteiger partial charge is 0.0223 e. The first-order valence-electron chi connectivity index (χ1n) is 8.42. The second kappa shape index (κ2) is 7.61. The quantitative estimate of drug-likeness (QED) is 0.825. The number of likely N-dealkylation sites (N-methyl/N-ethyl adjacent to an activating group) is 1. The van der Waals surface area contributed by atoms with Crippen LogP contribution in [0.3, 0.4) is 0 Å². The first kappa shape index (κ1) is 15.3. The zero-order valence-electron chi connectivity index (χ0n) is 13.2. The van der Waals surface area contributed by atoms with Crippen LogP contribution in [0.15, 0.2) is 0 Å². The molecule has 1 aliphatic heterocycles. The molecule has 3 heteroatoms. The van der Waals surface area contributed by atoms with Crippen LogP contribution < -0.4 is 5.32 Å². The molecule has 1 N–H and O–H groups in total. The highest BCUT2D eigenvalue weighted by molar-refractivity contribution is 4.91. The molecule has 19 heavy (non-hydrogen) atoms. The Bertz CT molecular complexity index is 256. The van der Waals surface area contributed by atoms with Gasteiger partial charge in [-0.2, -0.15) is 0 Å². The van der Waals surface area contributed by atoms with Gasteiger partial charge >= 0.3 is 0 Å². The van der Waals surface area contributed by atoms with E-state index >= 15 is 0 Å². The van der Waals surface area contributed by atoms with E-state index < -0.39 is 0 Å². The summed E-state index contributed by atoms with van der Waals surface area (Å²) in [6.45, 7) is 9.67. The van der Waals surface area contributed by atoms with Gasteiger partial charge in [0.25, 0.3) is 0 Å². The number of rotatable bonds is 5. The molecule has 0 bridgehead atoms. The van der Waals surface area contributed by atoms with Gasteiger partial charge in [0.15, 0.2) is 0 Å². The summed E-state index contributed by atoms with van der Waals surface area (Å²) in [5.41, 5.74) is 0. The Balaban J connectivity index is 1.88. The summed E-state index contributed by atoms with van der Waals surface area (Å²) in [5.74, 6) is 0. The molecule has 1 saturated heterocycles. The normalized spacial score (nSPS) is 34.6. The van der Waals surface area contributed by atoms with Crippen LogP contribution in [-0.2, 0) is 0 Å². The summed E-state index contributed by atoms with van der Waals surface area (Å²) in [6.07, 6.45) is 8.06. The summed E-state index contributed by atoms with van der Waals surface area (Å²) in [4.78, 5) is 5.37. The van der Waals surface area contributed by atoms with Crippen molar-refractivity contribution >= 4 is 0 Å². The van der Waals surface area contributed by atoms with Gasteiger partial charge in [-0.15, -0.1) is 0 Å². The zero-order chi connectivity index (χ0) is 13.7. The minimum absolute atomic E-state index is 0.780. The van der Waals surface area contributed by atoms with E-state index in [0.717, 1.165) is 18.1 Å². The Morgan fingerprint density at radius 1 is 1.16 bits per heavy atom. The minimum Gasteiger partial charge on any atom is -0.314 e. The molecular formula is C16H33N3. The summed E-state index contributed by atoms with van der Waals surface area (Å²) in [6, 6.07) is 2.40.